The van der Waals surface area contributed by atoms with Crippen LogP contribution in [0.25, 0.3) is 5.69 Å². The van der Waals surface area contributed by atoms with Gasteiger partial charge < -0.3 is 10.6 Å². The number of hydrogen-bond donors (Lipinski definition) is 1. The molecule has 3 rings (SSSR count). The second-order valence-corrected chi connectivity index (χ2v) is 7.89. The molecule has 0 radical (unpaired) electrons. The van der Waals surface area contributed by atoms with E-state index in [1.807, 2.05) is 29.8 Å². The van der Waals surface area contributed by atoms with E-state index < -0.39 is 0 Å². The number of likely N-dealkylation sites (tertiary alicyclic amines) is 1. The number of aryl methyl sites for hydroxylation is 1. The fraction of sp³-hybridized carbons (Fsp3) is 0.526. The van der Waals surface area contributed by atoms with E-state index in [0.29, 0.717) is 24.0 Å². The zero-order valence-electron chi connectivity index (χ0n) is 15.6. The lowest BCUT2D eigenvalue weighted by atomic mass is 9.97. The number of nitrogens with two attached hydrogens (primary N) is 1. The smallest absolute Gasteiger partial charge is 0.314 e. The molecule has 0 saturated carbocycles. The molecule has 140 valence electrons. The van der Waals surface area contributed by atoms with Crippen molar-refractivity contribution in [3.05, 3.63) is 40.4 Å². The quantitative estimate of drug-likeness (QED) is 0.885. The van der Waals surface area contributed by atoms with Gasteiger partial charge in [-0.1, -0.05) is 25.4 Å². The van der Waals surface area contributed by atoms with Crippen molar-refractivity contribution in [2.24, 2.45) is 11.7 Å². The highest BCUT2D eigenvalue weighted by Gasteiger charge is 2.28. The Hall–Kier alpha value is -2.08. The van der Waals surface area contributed by atoms with Crippen molar-refractivity contribution < 1.29 is 4.79 Å². The molecule has 2 N–H and O–H groups in total. The Morgan fingerprint density at radius 2 is 2.19 bits per heavy atom. The Labute approximate surface area is 159 Å². The number of piperidine rings is 1. The van der Waals surface area contributed by atoms with Gasteiger partial charge in [-0.3, -0.25) is 0 Å². The number of hydrogen-bond acceptors (Lipinski definition) is 3. The molecule has 1 saturated heterocycles. The fourth-order valence-corrected chi connectivity index (χ4v) is 3.73. The third-order valence-corrected chi connectivity index (χ3v) is 4.99. The third-order valence-electron chi connectivity index (χ3n) is 4.75. The largest absolute Gasteiger partial charge is 0.351 e. The summed E-state index contributed by atoms with van der Waals surface area (Å²) in [5.74, 6) is 2.33. The van der Waals surface area contributed by atoms with E-state index in [9.17, 15) is 4.79 Å². The van der Waals surface area contributed by atoms with Crippen molar-refractivity contribution in [3.8, 4) is 5.69 Å². The first-order chi connectivity index (χ1) is 12.3. The summed E-state index contributed by atoms with van der Waals surface area (Å²) in [4.78, 5) is 18.2. The zero-order chi connectivity index (χ0) is 18.8. The normalized spacial score (nSPS) is 17.7. The van der Waals surface area contributed by atoms with Gasteiger partial charge in [-0.25, -0.2) is 14.5 Å². The van der Waals surface area contributed by atoms with Gasteiger partial charge in [-0.05, 0) is 49.4 Å². The SMILES string of the molecule is Cc1cc(Cl)ccc1-n1nc(CC(C)C)nc1C1CCCN(C(N)=O)C1. The molecule has 1 unspecified atom stereocenters. The molecule has 26 heavy (non-hydrogen) atoms. The van der Waals surface area contributed by atoms with Gasteiger partial charge in [0.2, 0.25) is 0 Å². The standard InChI is InChI=1S/C19H26ClN5O/c1-12(2)9-17-22-18(14-5-4-8-24(11-14)19(21)26)25(23-17)16-7-6-15(20)10-13(16)3/h6-7,10,12,14H,4-5,8-9,11H2,1-3H3,(H2,21,26). The van der Waals surface area contributed by atoms with E-state index >= 15 is 0 Å². The predicted octanol–water partition coefficient (Wildman–Crippen LogP) is 3.69. The Morgan fingerprint density at radius 1 is 1.42 bits per heavy atom. The van der Waals surface area contributed by atoms with Gasteiger partial charge in [0.25, 0.3) is 0 Å². The van der Waals surface area contributed by atoms with Gasteiger partial charge in [-0.15, -0.1) is 0 Å². The van der Waals surface area contributed by atoms with Crippen LogP contribution in [0.5, 0.6) is 0 Å². The van der Waals surface area contributed by atoms with Crippen molar-refractivity contribution in [3.63, 3.8) is 0 Å². The first-order valence-electron chi connectivity index (χ1n) is 9.12. The molecule has 0 aliphatic carbocycles. The molecule has 0 spiro atoms. The minimum absolute atomic E-state index is 0.125. The van der Waals surface area contributed by atoms with E-state index in [2.05, 4.69) is 13.8 Å². The summed E-state index contributed by atoms with van der Waals surface area (Å²) < 4.78 is 1.93. The summed E-state index contributed by atoms with van der Waals surface area (Å²) in [6, 6.07) is 5.41. The van der Waals surface area contributed by atoms with Crippen LogP contribution in [-0.4, -0.2) is 38.8 Å². The van der Waals surface area contributed by atoms with Crippen LogP contribution >= 0.6 is 11.6 Å². The van der Waals surface area contributed by atoms with Gasteiger partial charge in [0, 0.05) is 30.5 Å². The van der Waals surface area contributed by atoms with Crippen LogP contribution in [0, 0.1) is 12.8 Å². The molecule has 2 aromatic rings. The second kappa shape index (κ2) is 7.66. The van der Waals surface area contributed by atoms with Crippen LogP contribution < -0.4 is 5.73 Å². The highest BCUT2D eigenvalue weighted by atomic mass is 35.5. The Balaban J connectivity index is 2.02. The molecule has 6 nitrogen and oxygen atoms in total. The first-order valence-corrected chi connectivity index (χ1v) is 9.49. The van der Waals surface area contributed by atoms with Crippen LogP contribution in [-0.2, 0) is 6.42 Å². The number of nitrogens with zero attached hydrogens (tertiary/aromatic N) is 4. The van der Waals surface area contributed by atoms with Gasteiger partial charge in [0.1, 0.15) is 5.82 Å². The van der Waals surface area contributed by atoms with Crippen molar-refractivity contribution in [2.75, 3.05) is 13.1 Å². The van der Waals surface area contributed by atoms with Crippen LogP contribution in [0.2, 0.25) is 5.02 Å². The highest BCUT2D eigenvalue weighted by Crippen LogP contribution is 2.29. The molecular weight excluding hydrogens is 350 g/mol. The number of urea groups is 1. The number of carbonyl (C=O) groups is 1. The van der Waals surface area contributed by atoms with E-state index in [-0.39, 0.29) is 11.9 Å². The lowest BCUT2D eigenvalue weighted by Crippen LogP contribution is -2.42. The maximum absolute atomic E-state index is 11.6. The van der Waals surface area contributed by atoms with E-state index in [4.69, 9.17) is 27.4 Å². The lowest BCUT2D eigenvalue weighted by molar-refractivity contribution is 0.187. The van der Waals surface area contributed by atoms with Gasteiger partial charge >= 0.3 is 6.03 Å². The van der Waals surface area contributed by atoms with Crippen LogP contribution in [0.4, 0.5) is 4.79 Å². The number of halogens is 1. The molecule has 1 aliphatic rings. The molecule has 1 aromatic carbocycles. The van der Waals surface area contributed by atoms with Gasteiger partial charge in [0.05, 0.1) is 5.69 Å². The molecule has 1 aliphatic heterocycles. The zero-order valence-corrected chi connectivity index (χ0v) is 16.3. The number of aromatic nitrogens is 3. The summed E-state index contributed by atoms with van der Waals surface area (Å²) in [7, 11) is 0. The minimum atomic E-state index is -0.370. The number of rotatable bonds is 4. The predicted molar refractivity (Wildman–Crippen MR) is 103 cm³/mol. The Kier molecular flexibility index (Phi) is 5.51. The average molecular weight is 376 g/mol. The number of carbonyl (C=O) groups excluding carboxylic acids is 1. The molecular formula is C19H26ClN5O. The lowest BCUT2D eigenvalue weighted by Gasteiger charge is -2.31. The van der Waals surface area contributed by atoms with Crippen molar-refractivity contribution >= 4 is 17.6 Å². The van der Waals surface area contributed by atoms with Crippen LogP contribution in [0.3, 0.4) is 0 Å². The van der Waals surface area contributed by atoms with Crippen molar-refractivity contribution in [2.45, 2.75) is 46.0 Å². The average Bonchev–Trinajstić information content (AvgIpc) is 2.97. The van der Waals surface area contributed by atoms with E-state index in [1.165, 1.54) is 0 Å². The first kappa shape index (κ1) is 18.7. The molecule has 1 atom stereocenters. The summed E-state index contributed by atoms with van der Waals surface area (Å²) in [6.45, 7) is 7.62. The summed E-state index contributed by atoms with van der Waals surface area (Å²) in [6.07, 6.45) is 2.70. The third kappa shape index (κ3) is 4.01. The summed E-state index contributed by atoms with van der Waals surface area (Å²) in [5.41, 5.74) is 7.52. The summed E-state index contributed by atoms with van der Waals surface area (Å²) in [5, 5.41) is 5.49. The van der Waals surface area contributed by atoms with E-state index in [1.54, 1.807) is 4.90 Å². The van der Waals surface area contributed by atoms with Gasteiger partial charge in [-0.2, -0.15) is 5.10 Å². The number of benzene rings is 1. The Morgan fingerprint density at radius 3 is 2.85 bits per heavy atom. The number of amides is 2. The molecule has 7 heteroatoms. The van der Waals surface area contributed by atoms with Crippen LogP contribution in [0.1, 0.15) is 49.8 Å². The van der Waals surface area contributed by atoms with Crippen molar-refractivity contribution in [1.82, 2.24) is 19.7 Å². The second-order valence-electron chi connectivity index (χ2n) is 7.45. The maximum atomic E-state index is 11.6. The minimum Gasteiger partial charge on any atom is -0.351 e. The topological polar surface area (TPSA) is 77.0 Å². The van der Waals surface area contributed by atoms with Crippen LogP contribution in [0.15, 0.2) is 18.2 Å². The molecule has 2 heterocycles. The number of primary amides is 1. The van der Waals surface area contributed by atoms with E-state index in [0.717, 1.165) is 42.2 Å². The van der Waals surface area contributed by atoms with Crippen molar-refractivity contribution in [1.29, 1.82) is 0 Å². The molecule has 1 fully saturated rings. The molecule has 2 amide bonds. The fourth-order valence-electron chi connectivity index (χ4n) is 3.51. The Bertz CT molecular complexity index is 801. The molecule has 0 bridgehead atoms. The summed E-state index contributed by atoms with van der Waals surface area (Å²) >= 11 is 6.12. The maximum Gasteiger partial charge on any atom is 0.314 e. The van der Waals surface area contributed by atoms with Gasteiger partial charge in [0.15, 0.2) is 5.82 Å². The molecule has 1 aromatic heterocycles. The monoisotopic (exact) mass is 375 g/mol. The highest BCUT2D eigenvalue weighted by molar-refractivity contribution is 6.30.